The molecule has 3 unspecified atom stereocenters. The van der Waals surface area contributed by atoms with Gasteiger partial charge in [0.2, 0.25) is 5.95 Å². The summed E-state index contributed by atoms with van der Waals surface area (Å²) >= 11 is 0. The number of aromatic nitrogens is 5. The van der Waals surface area contributed by atoms with Crippen LogP contribution in [0.2, 0.25) is 0 Å². The molecule has 33 heavy (non-hydrogen) atoms. The first kappa shape index (κ1) is 22.2. The lowest BCUT2D eigenvalue weighted by molar-refractivity contribution is 0.441. The van der Waals surface area contributed by atoms with Crippen molar-refractivity contribution >= 4 is 5.95 Å². The summed E-state index contributed by atoms with van der Waals surface area (Å²) in [6.07, 6.45) is 25.0. The van der Waals surface area contributed by atoms with Crippen LogP contribution in [-0.4, -0.2) is 30.4 Å². The fourth-order valence-corrected chi connectivity index (χ4v) is 5.50. The lowest BCUT2D eigenvalue weighted by Crippen LogP contribution is -2.19. The number of nitrogens with one attached hydrogen (secondary N) is 1. The summed E-state index contributed by atoms with van der Waals surface area (Å²) in [5.74, 6) is 2.25. The van der Waals surface area contributed by atoms with E-state index in [1.807, 2.05) is 6.33 Å². The highest BCUT2D eigenvalue weighted by Gasteiger charge is 2.27. The van der Waals surface area contributed by atoms with Gasteiger partial charge in [-0.15, -0.1) is 5.10 Å². The number of aryl methyl sites for hydroxylation is 2. The topological polar surface area (TPSA) is 60.6 Å². The standard InChI is InChI=1S/C27H38N6/c1-20-18-32(19-28-20)23-10-6-9-22(12-13-23)29-26-30-25-24(11-4-5-17-33(25)31-26)21-8-7-15-27(2,3)16-14-21/h7-8,14-16,18-19,22-24H,4-6,9-13,17H2,1-3H3,(H,29,31). The zero-order chi connectivity index (χ0) is 22.8. The molecular weight excluding hydrogens is 408 g/mol. The summed E-state index contributed by atoms with van der Waals surface area (Å²) in [5, 5.41) is 8.63. The molecule has 176 valence electrons. The first-order valence-electron chi connectivity index (χ1n) is 12.8. The number of hydrogen-bond donors (Lipinski definition) is 1. The van der Waals surface area contributed by atoms with Gasteiger partial charge in [0, 0.05) is 36.2 Å². The molecule has 1 saturated carbocycles. The second-order valence-corrected chi connectivity index (χ2v) is 10.7. The molecule has 0 amide bonds. The lowest BCUT2D eigenvalue weighted by Gasteiger charge is -2.17. The molecule has 0 saturated heterocycles. The van der Waals surface area contributed by atoms with Crippen LogP contribution in [0.15, 0.2) is 48.5 Å². The number of hydrogen-bond acceptors (Lipinski definition) is 4. The third-order valence-electron chi connectivity index (χ3n) is 7.47. The van der Waals surface area contributed by atoms with Gasteiger partial charge in [0.1, 0.15) is 5.82 Å². The van der Waals surface area contributed by atoms with Gasteiger partial charge in [-0.3, -0.25) is 0 Å². The minimum Gasteiger partial charge on any atom is -0.350 e. The zero-order valence-electron chi connectivity index (χ0n) is 20.4. The number of fused-ring (bicyclic) bond motifs is 1. The maximum Gasteiger partial charge on any atom is 0.242 e. The first-order chi connectivity index (χ1) is 16.0. The Balaban J connectivity index is 1.30. The number of imidazole rings is 1. The van der Waals surface area contributed by atoms with Gasteiger partial charge in [-0.05, 0) is 57.4 Å². The molecule has 6 heteroatoms. The summed E-state index contributed by atoms with van der Waals surface area (Å²) in [5.41, 5.74) is 2.55. The molecule has 2 aliphatic carbocycles. The monoisotopic (exact) mass is 446 g/mol. The molecule has 2 aromatic rings. The van der Waals surface area contributed by atoms with E-state index in [2.05, 4.69) is 76.9 Å². The highest BCUT2D eigenvalue weighted by Crippen LogP contribution is 2.36. The first-order valence-corrected chi connectivity index (χ1v) is 12.8. The molecule has 6 nitrogen and oxygen atoms in total. The highest BCUT2D eigenvalue weighted by atomic mass is 15.4. The molecule has 3 atom stereocenters. The summed E-state index contributed by atoms with van der Waals surface area (Å²) in [6, 6.07) is 0.991. The van der Waals surface area contributed by atoms with E-state index in [0.29, 0.717) is 18.0 Å². The van der Waals surface area contributed by atoms with Crippen molar-refractivity contribution in [2.75, 3.05) is 5.32 Å². The lowest BCUT2D eigenvalue weighted by atomic mass is 9.90. The van der Waals surface area contributed by atoms with Crippen LogP contribution >= 0.6 is 0 Å². The fraction of sp³-hybridized carbons (Fsp3) is 0.593. The van der Waals surface area contributed by atoms with Crippen LogP contribution in [0.1, 0.15) is 88.7 Å². The molecule has 5 rings (SSSR count). The molecule has 0 aromatic carbocycles. The summed E-state index contributed by atoms with van der Waals surface area (Å²) in [7, 11) is 0. The van der Waals surface area contributed by atoms with Crippen LogP contribution in [0.4, 0.5) is 5.95 Å². The van der Waals surface area contributed by atoms with Crippen LogP contribution in [0.5, 0.6) is 0 Å². The van der Waals surface area contributed by atoms with E-state index in [9.17, 15) is 0 Å². The maximum atomic E-state index is 5.07. The SMILES string of the molecule is Cc1cn(C2CCCC(Nc3nc4n(n3)CCCCC4C3=CC=CC(C)(C)C=C3)CC2)cn1. The van der Waals surface area contributed by atoms with Gasteiger partial charge < -0.3 is 9.88 Å². The van der Waals surface area contributed by atoms with Gasteiger partial charge in [-0.2, -0.15) is 4.98 Å². The zero-order valence-corrected chi connectivity index (χ0v) is 20.4. The Morgan fingerprint density at radius 2 is 1.94 bits per heavy atom. The fourth-order valence-electron chi connectivity index (χ4n) is 5.50. The number of allylic oxidation sites excluding steroid dienone is 6. The average molecular weight is 447 g/mol. The van der Waals surface area contributed by atoms with Crippen LogP contribution < -0.4 is 5.32 Å². The van der Waals surface area contributed by atoms with E-state index < -0.39 is 0 Å². The highest BCUT2D eigenvalue weighted by molar-refractivity contribution is 5.38. The molecule has 0 radical (unpaired) electrons. The van der Waals surface area contributed by atoms with Gasteiger partial charge in [-0.25, -0.2) is 9.67 Å². The minimum atomic E-state index is 0.0934. The van der Waals surface area contributed by atoms with Crippen LogP contribution in [0, 0.1) is 12.3 Å². The minimum absolute atomic E-state index is 0.0934. The molecule has 1 aliphatic heterocycles. The van der Waals surface area contributed by atoms with E-state index in [0.717, 1.165) is 36.9 Å². The second kappa shape index (κ2) is 9.32. The Morgan fingerprint density at radius 3 is 2.79 bits per heavy atom. The van der Waals surface area contributed by atoms with Gasteiger partial charge >= 0.3 is 0 Å². The van der Waals surface area contributed by atoms with Crippen molar-refractivity contribution in [3.8, 4) is 0 Å². The predicted octanol–water partition coefficient (Wildman–Crippen LogP) is 6.12. The van der Waals surface area contributed by atoms with Crippen molar-refractivity contribution < 1.29 is 0 Å². The molecule has 3 aliphatic rings. The Kier molecular flexibility index (Phi) is 6.26. The molecule has 1 N–H and O–H groups in total. The van der Waals surface area contributed by atoms with Crippen LogP contribution in [0.3, 0.4) is 0 Å². The average Bonchev–Trinajstić information content (AvgIpc) is 3.15. The molecule has 1 fully saturated rings. The number of anilines is 1. The smallest absolute Gasteiger partial charge is 0.242 e. The van der Waals surface area contributed by atoms with Gasteiger partial charge in [0.15, 0.2) is 0 Å². The quantitative estimate of drug-likeness (QED) is 0.575. The van der Waals surface area contributed by atoms with Crippen molar-refractivity contribution in [3.63, 3.8) is 0 Å². The van der Waals surface area contributed by atoms with E-state index in [-0.39, 0.29) is 5.41 Å². The van der Waals surface area contributed by atoms with Crippen molar-refractivity contribution in [2.24, 2.45) is 5.41 Å². The van der Waals surface area contributed by atoms with E-state index in [1.54, 1.807) is 0 Å². The maximum absolute atomic E-state index is 5.07. The van der Waals surface area contributed by atoms with Gasteiger partial charge in [0.25, 0.3) is 0 Å². The number of nitrogens with zero attached hydrogens (tertiary/aromatic N) is 5. The Labute approximate surface area is 197 Å². The molecular formula is C27H38N6. The predicted molar refractivity (Wildman–Crippen MR) is 133 cm³/mol. The summed E-state index contributed by atoms with van der Waals surface area (Å²) < 4.78 is 4.48. The van der Waals surface area contributed by atoms with Crippen LogP contribution in [-0.2, 0) is 6.54 Å². The van der Waals surface area contributed by atoms with E-state index in [1.165, 1.54) is 44.1 Å². The van der Waals surface area contributed by atoms with Crippen LogP contribution in [0.25, 0.3) is 0 Å². The van der Waals surface area contributed by atoms with Gasteiger partial charge in [-0.1, -0.05) is 50.6 Å². The summed E-state index contributed by atoms with van der Waals surface area (Å²) in [6.45, 7) is 7.53. The molecule has 2 aromatic heterocycles. The second-order valence-electron chi connectivity index (χ2n) is 10.7. The van der Waals surface area contributed by atoms with Crippen molar-refractivity contribution in [3.05, 3.63) is 60.0 Å². The normalized spacial score (nSPS) is 27.2. The Morgan fingerprint density at radius 1 is 1.03 bits per heavy atom. The number of rotatable bonds is 4. The third-order valence-corrected chi connectivity index (χ3v) is 7.47. The molecule has 3 heterocycles. The van der Waals surface area contributed by atoms with E-state index >= 15 is 0 Å². The third kappa shape index (κ3) is 5.15. The largest absolute Gasteiger partial charge is 0.350 e. The summed E-state index contributed by atoms with van der Waals surface area (Å²) in [4.78, 5) is 9.49. The molecule has 0 spiro atoms. The Bertz CT molecular complexity index is 1050. The molecule has 0 bridgehead atoms. The van der Waals surface area contributed by atoms with E-state index in [4.69, 9.17) is 10.1 Å². The van der Waals surface area contributed by atoms with Crippen molar-refractivity contribution in [1.29, 1.82) is 0 Å². The van der Waals surface area contributed by atoms with Gasteiger partial charge in [0.05, 0.1) is 12.0 Å². The van der Waals surface area contributed by atoms with Crippen molar-refractivity contribution in [1.82, 2.24) is 24.3 Å². The Hall–Kier alpha value is -2.63. The van der Waals surface area contributed by atoms with Crippen molar-refractivity contribution in [2.45, 2.75) is 96.7 Å².